The van der Waals surface area contributed by atoms with Gasteiger partial charge in [-0.1, -0.05) is 35.3 Å². The van der Waals surface area contributed by atoms with E-state index in [-0.39, 0.29) is 28.6 Å². The van der Waals surface area contributed by atoms with Crippen molar-refractivity contribution in [2.75, 3.05) is 6.54 Å². The fourth-order valence-corrected chi connectivity index (χ4v) is 6.02. The fourth-order valence-electron chi connectivity index (χ4n) is 3.63. The Hall–Kier alpha value is -2.62. The summed E-state index contributed by atoms with van der Waals surface area (Å²) in [5, 5.41) is 16.2. The van der Waals surface area contributed by atoms with Crippen LogP contribution in [0, 0.1) is 0 Å². The molecule has 0 spiro atoms. The minimum absolute atomic E-state index is 0.00343. The number of halogens is 2. The third kappa shape index (κ3) is 3.42. The number of nitrogens with zero attached hydrogens (tertiary/aromatic N) is 2. The number of carbonyl (C=O) groups excluding carboxylic acids is 1. The van der Waals surface area contributed by atoms with Gasteiger partial charge in [-0.15, -0.1) is 0 Å². The number of aliphatic carboxylic acids is 1. The Kier molecular flexibility index (Phi) is 5.21. The van der Waals surface area contributed by atoms with Crippen molar-refractivity contribution in [3.63, 3.8) is 0 Å². The highest BCUT2D eigenvalue weighted by molar-refractivity contribution is 7.92. The quantitative estimate of drug-likeness (QED) is 0.608. The first kappa shape index (κ1) is 20.6. The Labute approximate surface area is 181 Å². The highest BCUT2D eigenvalue weighted by Crippen LogP contribution is 2.33. The van der Waals surface area contributed by atoms with Crippen LogP contribution in [0.4, 0.5) is 0 Å². The molecule has 8 nitrogen and oxygen atoms in total. The van der Waals surface area contributed by atoms with Crippen molar-refractivity contribution < 1.29 is 23.1 Å². The lowest BCUT2D eigenvalue weighted by molar-refractivity contribution is -0.141. The molecule has 2 N–H and O–H groups in total. The Balaban J connectivity index is 1.70. The molecule has 0 saturated carbocycles. The highest BCUT2D eigenvalue weighted by Gasteiger charge is 2.46. The summed E-state index contributed by atoms with van der Waals surface area (Å²) in [7, 11) is -3.95. The van der Waals surface area contributed by atoms with E-state index in [0.717, 1.165) is 4.90 Å². The number of likely N-dealkylation sites (tertiary alicyclic amines) is 1. The molecule has 2 atom stereocenters. The lowest BCUT2D eigenvalue weighted by Gasteiger charge is -2.20. The number of aromatic nitrogens is 2. The smallest absolute Gasteiger partial charge is 0.326 e. The van der Waals surface area contributed by atoms with Crippen molar-refractivity contribution in [2.24, 2.45) is 0 Å². The van der Waals surface area contributed by atoms with E-state index >= 15 is 0 Å². The van der Waals surface area contributed by atoms with Crippen LogP contribution in [-0.2, 0) is 14.6 Å². The number of benzene rings is 2. The summed E-state index contributed by atoms with van der Waals surface area (Å²) in [5.41, 5.74) is 0.515. The molecule has 1 saturated heterocycles. The van der Waals surface area contributed by atoms with Gasteiger partial charge in [-0.2, -0.15) is 5.10 Å². The van der Waals surface area contributed by atoms with E-state index in [1.165, 1.54) is 18.2 Å². The van der Waals surface area contributed by atoms with Gasteiger partial charge in [0.25, 0.3) is 5.91 Å². The summed E-state index contributed by atoms with van der Waals surface area (Å²) >= 11 is 12.0. The molecule has 156 valence electrons. The molecule has 2 aromatic carbocycles. The predicted octanol–water partition coefficient (Wildman–Crippen LogP) is 3.01. The lowest BCUT2D eigenvalue weighted by atomic mass is 10.1. The molecule has 30 heavy (non-hydrogen) atoms. The van der Waals surface area contributed by atoms with Gasteiger partial charge in [0.1, 0.15) is 6.04 Å². The van der Waals surface area contributed by atoms with Gasteiger partial charge in [0.15, 0.2) is 15.5 Å². The van der Waals surface area contributed by atoms with Crippen LogP contribution >= 0.6 is 23.2 Å². The normalized spacial score (nSPS) is 19.3. The number of H-pyrrole nitrogens is 1. The van der Waals surface area contributed by atoms with Crippen molar-refractivity contribution in [1.82, 2.24) is 15.1 Å². The summed E-state index contributed by atoms with van der Waals surface area (Å²) in [6.45, 7) is -0.286. The first-order chi connectivity index (χ1) is 14.2. The average molecular weight is 468 g/mol. The Morgan fingerprint density at radius 2 is 1.90 bits per heavy atom. The second-order valence-corrected chi connectivity index (χ2v) is 9.95. The number of carboxylic acids is 1. The maximum absolute atomic E-state index is 13.1. The van der Waals surface area contributed by atoms with Crippen LogP contribution in [0.15, 0.2) is 47.4 Å². The zero-order valence-corrected chi connectivity index (χ0v) is 17.6. The molecule has 1 aliphatic heterocycles. The minimum Gasteiger partial charge on any atom is -0.480 e. The summed E-state index contributed by atoms with van der Waals surface area (Å²) in [5.74, 6) is -1.96. The number of carboxylic acid groups (broad SMARTS) is 1. The van der Waals surface area contributed by atoms with Gasteiger partial charge < -0.3 is 10.0 Å². The zero-order valence-electron chi connectivity index (χ0n) is 15.2. The Bertz CT molecular complexity index is 1270. The number of hydrogen-bond donors (Lipinski definition) is 2. The van der Waals surface area contributed by atoms with Crippen LogP contribution < -0.4 is 0 Å². The summed E-state index contributed by atoms with van der Waals surface area (Å²) in [4.78, 5) is 25.9. The van der Waals surface area contributed by atoms with Crippen LogP contribution in [0.25, 0.3) is 10.9 Å². The summed E-state index contributed by atoms with van der Waals surface area (Å²) in [6.07, 6.45) is -0.247. The number of nitrogens with one attached hydrogen (secondary N) is 1. The molecule has 0 bridgehead atoms. The fraction of sp³-hybridized carbons (Fsp3) is 0.211. The third-order valence-electron chi connectivity index (χ3n) is 5.12. The van der Waals surface area contributed by atoms with Crippen LogP contribution in [0.1, 0.15) is 16.9 Å². The maximum Gasteiger partial charge on any atom is 0.326 e. The van der Waals surface area contributed by atoms with Gasteiger partial charge in [0.2, 0.25) is 0 Å². The molecule has 1 fully saturated rings. The predicted molar refractivity (Wildman–Crippen MR) is 111 cm³/mol. The molecule has 1 aliphatic rings. The van der Waals surface area contributed by atoms with Crippen molar-refractivity contribution in [1.29, 1.82) is 0 Å². The largest absolute Gasteiger partial charge is 0.480 e. The van der Waals surface area contributed by atoms with Gasteiger partial charge in [0.05, 0.1) is 20.7 Å². The number of rotatable bonds is 4. The molecule has 1 amide bonds. The average Bonchev–Trinajstić information content (AvgIpc) is 3.32. The topological polar surface area (TPSA) is 120 Å². The number of carbonyl (C=O) groups is 2. The van der Waals surface area contributed by atoms with Crippen molar-refractivity contribution >= 4 is 55.8 Å². The van der Waals surface area contributed by atoms with E-state index < -0.39 is 33.0 Å². The number of aromatic amines is 1. The third-order valence-corrected chi connectivity index (χ3v) is 7.98. The van der Waals surface area contributed by atoms with Crippen LogP contribution in [-0.4, -0.2) is 58.3 Å². The van der Waals surface area contributed by atoms with Crippen LogP contribution in [0.2, 0.25) is 10.0 Å². The van der Waals surface area contributed by atoms with Gasteiger partial charge in [0, 0.05) is 17.0 Å². The van der Waals surface area contributed by atoms with Gasteiger partial charge in [-0.3, -0.25) is 9.89 Å². The summed E-state index contributed by atoms with van der Waals surface area (Å²) < 4.78 is 26.2. The molecule has 0 aliphatic carbocycles. The molecular formula is C19H15Cl2N3O5S. The van der Waals surface area contributed by atoms with E-state index in [2.05, 4.69) is 10.2 Å². The molecule has 0 unspecified atom stereocenters. The molecule has 3 aromatic rings. The van der Waals surface area contributed by atoms with E-state index in [1.807, 2.05) is 0 Å². The standard InChI is InChI=1S/C19H15Cl2N3O5S/c20-10-5-6-12-14(7-10)22-23-17(12)18(25)24-9-11(8-15(24)19(26)27)30(28,29)16-4-2-1-3-13(16)21/h1-7,11,15H,8-9H2,(H,22,23)(H,26,27)/t11-,15+/m1/s1. The molecular weight excluding hydrogens is 453 g/mol. The summed E-state index contributed by atoms with van der Waals surface area (Å²) in [6, 6.07) is 9.40. The molecule has 4 rings (SSSR count). The SMILES string of the molecule is O=C(O)[C@@H]1C[C@@H](S(=O)(=O)c2ccccc2Cl)CN1C(=O)c1n[nH]c2cc(Cl)ccc12. The highest BCUT2D eigenvalue weighted by atomic mass is 35.5. The van der Waals surface area contributed by atoms with Crippen molar-refractivity contribution in [2.45, 2.75) is 22.6 Å². The lowest BCUT2D eigenvalue weighted by Crippen LogP contribution is -2.41. The number of sulfone groups is 1. The number of fused-ring (bicyclic) bond motifs is 1. The van der Waals surface area contributed by atoms with Gasteiger partial charge in [-0.25, -0.2) is 13.2 Å². The second-order valence-electron chi connectivity index (χ2n) is 6.91. The van der Waals surface area contributed by atoms with E-state index in [4.69, 9.17) is 23.2 Å². The van der Waals surface area contributed by atoms with Crippen LogP contribution in [0.3, 0.4) is 0 Å². The van der Waals surface area contributed by atoms with Crippen molar-refractivity contribution in [3.05, 3.63) is 58.2 Å². The molecule has 0 radical (unpaired) electrons. The second kappa shape index (κ2) is 7.57. The molecule has 11 heteroatoms. The van der Waals surface area contributed by atoms with Crippen LogP contribution in [0.5, 0.6) is 0 Å². The first-order valence-corrected chi connectivity index (χ1v) is 11.2. The maximum atomic E-state index is 13.1. The van der Waals surface area contributed by atoms with E-state index in [9.17, 15) is 23.1 Å². The van der Waals surface area contributed by atoms with Gasteiger partial charge >= 0.3 is 5.97 Å². The zero-order chi connectivity index (χ0) is 21.6. The number of hydrogen-bond acceptors (Lipinski definition) is 5. The Morgan fingerprint density at radius 3 is 2.60 bits per heavy atom. The van der Waals surface area contributed by atoms with Crippen molar-refractivity contribution in [3.8, 4) is 0 Å². The monoisotopic (exact) mass is 467 g/mol. The van der Waals surface area contributed by atoms with E-state index in [1.54, 1.807) is 24.3 Å². The first-order valence-electron chi connectivity index (χ1n) is 8.86. The molecule has 1 aromatic heterocycles. The van der Waals surface area contributed by atoms with E-state index in [0.29, 0.717) is 15.9 Å². The number of amides is 1. The van der Waals surface area contributed by atoms with Gasteiger partial charge in [-0.05, 0) is 36.8 Å². The minimum atomic E-state index is -3.95. The molecule has 2 heterocycles. The Morgan fingerprint density at radius 1 is 1.17 bits per heavy atom.